The quantitative estimate of drug-likeness (QED) is 0.322. The molecule has 6 rings (SSSR count). The standard InChI is InChI=1S/C27H18N2S/c1-3-9-18(10-4-1)25-26(29-27(28-25)19-11-5-2-6-12-19)20-15-16-22-21-13-7-8-14-23(21)30-24(22)17-20/h1-17H,(H,28,29). The summed E-state index contributed by atoms with van der Waals surface area (Å²) < 4.78 is 2.61. The Kier molecular flexibility index (Phi) is 4.00. The zero-order valence-corrected chi connectivity index (χ0v) is 17.0. The Morgan fingerprint density at radius 2 is 1.23 bits per heavy atom. The average molecular weight is 403 g/mol. The lowest BCUT2D eigenvalue weighted by atomic mass is 10.0. The molecule has 3 heteroatoms. The molecule has 0 radical (unpaired) electrons. The van der Waals surface area contributed by atoms with Gasteiger partial charge in [-0.3, -0.25) is 0 Å². The lowest BCUT2D eigenvalue weighted by molar-refractivity contribution is 1.31. The number of aromatic nitrogens is 2. The van der Waals surface area contributed by atoms with Gasteiger partial charge in [-0.25, -0.2) is 4.98 Å². The van der Waals surface area contributed by atoms with Crippen molar-refractivity contribution in [1.29, 1.82) is 0 Å². The summed E-state index contributed by atoms with van der Waals surface area (Å²) in [4.78, 5) is 8.62. The summed E-state index contributed by atoms with van der Waals surface area (Å²) in [5.41, 5.74) is 5.39. The molecular weight excluding hydrogens is 384 g/mol. The van der Waals surface area contributed by atoms with Crippen LogP contribution in [0.2, 0.25) is 0 Å². The van der Waals surface area contributed by atoms with Crippen molar-refractivity contribution < 1.29 is 0 Å². The van der Waals surface area contributed by atoms with Crippen LogP contribution in [0.3, 0.4) is 0 Å². The van der Waals surface area contributed by atoms with Crippen molar-refractivity contribution in [2.24, 2.45) is 0 Å². The first kappa shape index (κ1) is 17.2. The van der Waals surface area contributed by atoms with Gasteiger partial charge in [0.15, 0.2) is 0 Å². The van der Waals surface area contributed by atoms with Crippen LogP contribution in [-0.4, -0.2) is 9.97 Å². The van der Waals surface area contributed by atoms with E-state index in [0.717, 1.165) is 33.9 Å². The number of aromatic amines is 1. The highest BCUT2D eigenvalue weighted by molar-refractivity contribution is 7.25. The molecule has 142 valence electrons. The van der Waals surface area contributed by atoms with Crippen LogP contribution in [0, 0.1) is 0 Å². The van der Waals surface area contributed by atoms with Gasteiger partial charge in [0.25, 0.3) is 0 Å². The summed E-state index contributed by atoms with van der Waals surface area (Å²) >= 11 is 1.84. The van der Waals surface area contributed by atoms with Gasteiger partial charge < -0.3 is 4.98 Å². The Bertz CT molecular complexity index is 1480. The Hall–Kier alpha value is -3.69. The van der Waals surface area contributed by atoms with Crippen molar-refractivity contribution in [3.63, 3.8) is 0 Å². The van der Waals surface area contributed by atoms with E-state index in [2.05, 4.69) is 83.8 Å². The van der Waals surface area contributed by atoms with Gasteiger partial charge in [-0.05, 0) is 12.1 Å². The van der Waals surface area contributed by atoms with Crippen LogP contribution < -0.4 is 0 Å². The monoisotopic (exact) mass is 402 g/mol. The van der Waals surface area contributed by atoms with Crippen molar-refractivity contribution in [3.05, 3.63) is 103 Å². The van der Waals surface area contributed by atoms with Crippen LogP contribution in [0.4, 0.5) is 0 Å². The van der Waals surface area contributed by atoms with Crippen molar-refractivity contribution in [1.82, 2.24) is 9.97 Å². The lowest BCUT2D eigenvalue weighted by Gasteiger charge is -2.03. The first-order valence-electron chi connectivity index (χ1n) is 9.99. The van der Waals surface area contributed by atoms with E-state index in [9.17, 15) is 0 Å². The number of H-pyrrole nitrogens is 1. The molecule has 30 heavy (non-hydrogen) atoms. The van der Waals surface area contributed by atoms with Crippen LogP contribution >= 0.6 is 11.3 Å². The van der Waals surface area contributed by atoms with Crippen LogP contribution in [0.15, 0.2) is 103 Å². The minimum absolute atomic E-state index is 0.890. The van der Waals surface area contributed by atoms with Crippen molar-refractivity contribution in [2.75, 3.05) is 0 Å². The van der Waals surface area contributed by atoms with Crippen molar-refractivity contribution in [2.45, 2.75) is 0 Å². The van der Waals surface area contributed by atoms with E-state index >= 15 is 0 Å². The van der Waals surface area contributed by atoms with E-state index in [4.69, 9.17) is 4.98 Å². The number of hydrogen-bond donors (Lipinski definition) is 1. The molecule has 0 aliphatic heterocycles. The smallest absolute Gasteiger partial charge is 0.138 e. The molecule has 0 aliphatic rings. The molecular formula is C27H18N2S. The van der Waals surface area contributed by atoms with Crippen molar-refractivity contribution in [3.8, 4) is 33.9 Å². The largest absolute Gasteiger partial charge is 0.337 e. The zero-order chi connectivity index (χ0) is 19.9. The third-order valence-electron chi connectivity index (χ3n) is 5.47. The molecule has 0 fully saturated rings. The number of nitrogens with zero attached hydrogens (tertiary/aromatic N) is 1. The minimum atomic E-state index is 0.890. The van der Waals surface area contributed by atoms with E-state index in [1.165, 1.54) is 20.2 Å². The molecule has 0 bridgehead atoms. The summed E-state index contributed by atoms with van der Waals surface area (Å²) in [6.45, 7) is 0. The fraction of sp³-hybridized carbons (Fsp3) is 0. The predicted molar refractivity (Wildman–Crippen MR) is 128 cm³/mol. The molecule has 0 atom stereocenters. The third kappa shape index (κ3) is 2.83. The Morgan fingerprint density at radius 3 is 2.03 bits per heavy atom. The first-order valence-corrected chi connectivity index (χ1v) is 10.8. The normalized spacial score (nSPS) is 11.3. The highest BCUT2D eigenvalue weighted by atomic mass is 32.1. The van der Waals surface area contributed by atoms with Gasteiger partial charge in [0.05, 0.1) is 11.4 Å². The van der Waals surface area contributed by atoms with Gasteiger partial charge in [-0.2, -0.15) is 0 Å². The van der Waals surface area contributed by atoms with Crippen molar-refractivity contribution >= 4 is 31.5 Å². The molecule has 6 aromatic rings. The molecule has 0 amide bonds. The lowest BCUT2D eigenvalue weighted by Crippen LogP contribution is -1.83. The fourth-order valence-corrected chi connectivity index (χ4v) is 5.15. The summed E-state index contributed by atoms with van der Waals surface area (Å²) in [5, 5.41) is 2.62. The molecule has 2 aromatic heterocycles. The second kappa shape index (κ2) is 6.97. The molecule has 0 spiro atoms. The number of hydrogen-bond acceptors (Lipinski definition) is 2. The molecule has 4 aromatic carbocycles. The van der Waals surface area contributed by atoms with Gasteiger partial charge in [-0.15, -0.1) is 11.3 Å². The number of thiophene rings is 1. The summed E-state index contributed by atoms with van der Waals surface area (Å²) in [7, 11) is 0. The zero-order valence-electron chi connectivity index (χ0n) is 16.2. The first-order chi connectivity index (χ1) is 14.9. The van der Waals surface area contributed by atoms with E-state index in [-0.39, 0.29) is 0 Å². The Morgan fingerprint density at radius 1 is 0.567 bits per heavy atom. The topological polar surface area (TPSA) is 28.7 Å². The van der Waals surface area contributed by atoms with Gasteiger partial charge in [0.2, 0.25) is 0 Å². The summed E-state index contributed by atoms with van der Waals surface area (Å²) in [6, 6.07) is 36.0. The number of rotatable bonds is 3. The Labute approximate surface area is 178 Å². The second-order valence-corrected chi connectivity index (χ2v) is 8.43. The molecule has 0 unspecified atom stereocenters. The number of benzene rings is 4. The molecule has 0 saturated carbocycles. The van der Waals surface area contributed by atoms with Crippen LogP contribution in [0.25, 0.3) is 54.1 Å². The van der Waals surface area contributed by atoms with E-state index < -0.39 is 0 Å². The van der Waals surface area contributed by atoms with Gasteiger partial charge in [0, 0.05) is 36.9 Å². The maximum atomic E-state index is 5.04. The highest BCUT2D eigenvalue weighted by Crippen LogP contribution is 2.38. The molecule has 1 N–H and O–H groups in total. The highest BCUT2D eigenvalue weighted by Gasteiger charge is 2.16. The van der Waals surface area contributed by atoms with E-state index in [1.54, 1.807) is 0 Å². The molecule has 0 aliphatic carbocycles. The van der Waals surface area contributed by atoms with Gasteiger partial charge in [-0.1, -0.05) is 91.0 Å². The molecule has 2 heterocycles. The van der Waals surface area contributed by atoms with Gasteiger partial charge >= 0.3 is 0 Å². The minimum Gasteiger partial charge on any atom is -0.337 e. The Balaban J connectivity index is 1.57. The second-order valence-electron chi connectivity index (χ2n) is 7.35. The predicted octanol–water partition coefficient (Wildman–Crippen LogP) is 7.78. The van der Waals surface area contributed by atoms with Crippen LogP contribution in [0.5, 0.6) is 0 Å². The maximum Gasteiger partial charge on any atom is 0.138 e. The summed E-state index contributed by atoms with van der Waals surface area (Å²) in [6.07, 6.45) is 0. The average Bonchev–Trinajstić information content (AvgIpc) is 3.42. The van der Waals surface area contributed by atoms with Crippen LogP contribution in [0.1, 0.15) is 0 Å². The van der Waals surface area contributed by atoms with E-state index in [0.29, 0.717) is 0 Å². The fourth-order valence-electron chi connectivity index (χ4n) is 4.00. The SMILES string of the molecule is c1ccc(-c2nc(-c3ccc4c(c3)sc3ccccc34)c(-c3ccccc3)[nH]2)cc1. The van der Waals surface area contributed by atoms with Crippen LogP contribution in [-0.2, 0) is 0 Å². The summed E-state index contributed by atoms with van der Waals surface area (Å²) in [5.74, 6) is 0.890. The number of nitrogens with one attached hydrogen (secondary N) is 1. The number of fused-ring (bicyclic) bond motifs is 3. The number of imidazole rings is 1. The molecule has 2 nitrogen and oxygen atoms in total. The van der Waals surface area contributed by atoms with E-state index in [1.807, 2.05) is 35.6 Å². The molecule has 0 saturated heterocycles. The maximum absolute atomic E-state index is 5.04. The third-order valence-corrected chi connectivity index (χ3v) is 6.60. The van der Waals surface area contributed by atoms with Gasteiger partial charge in [0.1, 0.15) is 5.82 Å².